The minimum atomic E-state index is -0.293. The molecule has 0 aliphatic heterocycles. The molecule has 0 saturated carbocycles. The molecule has 1 amide bonds. The molecule has 0 aliphatic carbocycles. The molecule has 0 unspecified atom stereocenters. The molecule has 0 N–H and O–H groups in total. The van der Waals surface area contributed by atoms with Crippen LogP contribution in [0.1, 0.15) is 11.4 Å². The van der Waals surface area contributed by atoms with E-state index in [0.29, 0.717) is 29.2 Å². The zero-order valence-electron chi connectivity index (χ0n) is 11.8. The number of fused-ring (bicyclic) bond motifs is 1. The number of halogens is 2. The number of alkyl halides is 1. The van der Waals surface area contributed by atoms with Gasteiger partial charge in [0.15, 0.2) is 0 Å². The van der Waals surface area contributed by atoms with Gasteiger partial charge in [0.2, 0.25) is 5.91 Å². The van der Waals surface area contributed by atoms with Crippen molar-refractivity contribution in [2.75, 3.05) is 20.0 Å². The summed E-state index contributed by atoms with van der Waals surface area (Å²) in [7, 11) is 3.40. The number of carbonyl (C=O) groups is 1. The van der Waals surface area contributed by atoms with E-state index >= 15 is 0 Å². The van der Waals surface area contributed by atoms with Crippen molar-refractivity contribution in [3.05, 3.63) is 29.3 Å². The molecule has 0 saturated heterocycles. The van der Waals surface area contributed by atoms with Crippen LogP contribution in [0.5, 0.6) is 0 Å². The van der Waals surface area contributed by atoms with Gasteiger partial charge in [-0.15, -0.1) is 11.6 Å². The Morgan fingerprint density at radius 1 is 1.45 bits per heavy atom. The molecule has 1 aromatic heterocycles. The fraction of sp³-hybridized carbons (Fsp3) is 0.429. The third kappa shape index (κ3) is 2.77. The highest BCUT2D eigenvalue weighted by Gasteiger charge is 2.16. The van der Waals surface area contributed by atoms with Gasteiger partial charge in [0, 0.05) is 32.5 Å². The maximum Gasteiger partial charge on any atom is 0.242 e. The van der Waals surface area contributed by atoms with Gasteiger partial charge in [-0.3, -0.25) is 4.79 Å². The lowest BCUT2D eigenvalue weighted by Gasteiger charge is -2.13. The van der Waals surface area contributed by atoms with E-state index in [1.165, 1.54) is 11.0 Å². The van der Waals surface area contributed by atoms with Gasteiger partial charge in [0.1, 0.15) is 18.2 Å². The summed E-state index contributed by atoms with van der Waals surface area (Å²) in [5.74, 6) is 0.775. The second-order valence-electron chi connectivity index (χ2n) is 4.93. The highest BCUT2D eigenvalue weighted by molar-refractivity contribution is 6.17. The first-order valence-electron chi connectivity index (χ1n) is 6.35. The zero-order valence-corrected chi connectivity index (χ0v) is 12.5. The number of imidazole rings is 1. The number of likely N-dealkylation sites (N-methyl/N-ethyl adjacent to an activating group) is 1. The highest BCUT2D eigenvalue weighted by atomic mass is 35.5. The normalized spacial score (nSPS) is 11.1. The van der Waals surface area contributed by atoms with Gasteiger partial charge in [-0.05, 0) is 18.6 Å². The van der Waals surface area contributed by atoms with Crippen molar-refractivity contribution in [1.29, 1.82) is 0 Å². The Morgan fingerprint density at radius 3 is 2.75 bits per heavy atom. The lowest BCUT2D eigenvalue weighted by molar-refractivity contribution is -0.129. The summed E-state index contributed by atoms with van der Waals surface area (Å²) < 4.78 is 15.4. The SMILES string of the molecule is Cc1cc2c(cc1F)nc(CCCl)n2CC(=O)N(C)C. The van der Waals surface area contributed by atoms with Gasteiger partial charge in [0.05, 0.1) is 11.0 Å². The summed E-state index contributed by atoms with van der Waals surface area (Å²) in [4.78, 5) is 17.8. The number of hydrogen-bond donors (Lipinski definition) is 0. The van der Waals surface area contributed by atoms with Crippen LogP contribution in [0.4, 0.5) is 4.39 Å². The molecule has 0 atom stereocenters. The van der Waals surface area contributed by atoms with Gasteiger partial charge in [0.25, 0.3) is 0 Å². The molecule has 0 bridgehead atoms. The van der Waals surface area contributed by atoms with Crippen molar-refractivity contribution < 1.29 is 9.18 Å². The first-order valence-corrected chi connectivity index (χ1v) is 6.89. The molecule has 1 aromatic carbocycles. The number of carbonyl (C=O) groups excluding carboxylic acids is 1. The summed E-state index contributed by atoms with van der Waals surface area (Å²) in [6.45, 7) is 1.88. The smallest absolute Gasteiger partial charge is 0.242 e. The van der Waals surface area contributed by atoms with E-state index in [9.17, 15) is 9.18 Å². The maximum atomic E-state index is 13.6. The van der Waals surface area contributed by atoms with Crippen LogP contribution in [0.25, 0.3) is 11.0 Å². The number of aryl methyl sites for hydroxylation is 2. The molecule has 2 aromatic rings. The number of benzene rings is 1. The van der Waals surface area contributed by atoms with Crippen LogP contribution in [-0.2, 0) is 17.8 Å². The van der Waals surface area contributed by atoms with Crippen LogP contribution in [0.3, 0.4) is 0 Å². The number of aromatic nitrogens is 2. The minimum absolute atomic E-state index is 0.0397. The van der Waals surface area contributed by atoms with Crippen LogP contribution in [-0.4, -0.2) is 40.3 Å². The third-order valence-electron chi connectivity index (χ3n) is 3.22. The van der Waals surface area contributed by atoms with E-state index in [-0.39, 0.29) is 18.3 Å². The Balaban J connectivity index is 2.55. The van der Waals surface area contributed by atoms with Crippen LogP contribution in [0, 0.1) is 12.7 Å². The van der Waals surface area contributed by atoms with E-state index in [2.05, 4.69) is 4.98 Å². The Kier molecular flexibility index (Phi) is 4.28. The van der Waals surface area contributed by atoms with Crippen LogP contribution < -0.4 is 0 Å². The molecule has 1 heterocycles. The number of hydrogen-bond acceptors (Lipinski definition) is 2. The fourth-order valence-electron chi connectivity index (χ4n) is 2.03. The second-order valence-corrected chi connectivity index (χ2v) is 5.31. The van der Waals surface area contributed by atoms with Crippen molar-refractivity contribution in [3.63, 3.8) is 0 Å². The van der Waals surface area contributed by atoms with E-state index < -0.39 is 0 Å². The third-order valence-corrected chi connectivity index (χ3v) is 3.41. The summed E-state index contributed by atoms with van der Waals surface area (Å²) in [6, 6.07) is 3.12. The minimum Gasteiger partial charge on any atom is -0.347 e. The predicted octanol–water partition coefficient (Wildman–Crippen LogP) is 2.35. The molecule has 0 fully saturated rings. The van der Waals surface area contributed by atoms with Gasteiger partial charge >= 0.3 is 0 Å². The van der Waals surface area contributed by atoms with E-state index in [0.717, 1.165) is 5.52 Å². The van der Waals surface area contributed by atoms with Crippen molar-refractivity contribution >= 4 is 28.5 Å². The molecule has 0 aliphatic rings. The largest absolute Gasteiger partial charge is 0.347 e. The lowest BCUT2D eigenvalue weighted by atomic mass is 10.2. The van der Waals surface area contributed by atoms with E-state index in [4.69, 9.17) is 11.6 Å². The zero-order chi connectivity index (χ0) is 14.9. The second kappa shape index (κ2) is 5.79. The summed E-state index contributed by atoms with van der Waals surface area (Å²) >= 11 is 5.77. The van der Waals surface area contributed by atoms with Crippen LogP contribution in [0.2, 0.25) is 0 Å². The molecule has 6 heteroatoms. The van der Waals surface area contributed by atoms with Crippen molar-refractivity contribution in [1.82, 2.24) is 14.5 Å². The lowest BCUT2D eigenvalue weighted by Crippen LogP contribution is -2.27. The molecule has 4 nitrogen and oxygen atoms in total. The Labute approximate surface area is 122 Å². The Hall–Kier alpha value is -1.62. The quantitative estimate of drug-likeness (QED) is 0.813. The van der Waals surface area contributed by atoms with Gasteiger partial charge in [-0.25, -0.2) is 9.37 Å². The molecular formula is C14H17ClFN3O. The molecule has 2 rings (SSSR count). The predicted molar refractivity (Wildman–Crippen MR) is 77.5 cm³/mol. The van der Waals surface area contributed by atoms with Gasteiger partial charge in [-0.1, -0.05) is 0 Å². The van der Waals surface area contributed by atoms with Gasteiger partial charge < -0.3 is 9.47 Å². The number of rotatable bonds is 4. The van der Waals surface area contributed by atoms with Gasteiger partial charge in [-0.2, -0.15) is 0 Å². The first kappa shape index (κ1) is 14.8. The van der Waals surface area contributed by atoms with E-state index in [1.807, 2.05) is 4.57 Å². The molecule has 108 valence electrons. The molecule has 20 heavy (non-hydrogen) atoms. The van der Waals surface area contributed by atoms with Crippen LogP contribution >= 0.6 is 11.6 Å². The topological polar surface area (TPSA) is 38.1 Å². The average molecular weight is 298 g/mol. The highest BCUT2D eigenvalue weighted by Crippen LogP contribution is 2.21. The fourth-order valence-corrected chi connectivity index (χ4v) is 2.20. The Bertz CT molecular complexity index is 651. The molecule has 0 spiro atoms. The van der Waals surface area contributed by atoms with Crippen molar-refractivity contribution in [2.45, 2.75) is 19.9 Å². The molecular weight excluding hydrogens is 281 g/mol. The van der Waals surface area contributed by atoms with Crippen molar-refractivity contribution in [2.24, 2.45) is 0 Å². The average Bonchev–Trinajstić information content (AvgIpc) is 2.68. The number of nitrogens with zero attached hydrogens (tertiary/aromatic N) is 3. The monoisotopic (exact) mass is 297 g/mol. The van der Waals surface area contributed by atoms with Crippen molar-refractivity contribution in [3.8, 4) is 0 Å². The maximum absolute atomic E-state index is 13.6. The van der Waals surface area contributed by atoms with E-state index in [1.54, 1.807) is 27.1 Å². The Morgan fingerprint density at radius 2 is 2.15 bits per heavy atom. The summed E-state index contributed by atoms with van der Waals surface area (Å²) in [5, 5.41) is 0. The van der Waals surface area contributed by atoms with Crippen LogP contribution in [0.15, 0.2) is 12.1 Å². The summed E-state index contributed by atoms with van der Waals surface area (Å²) in [6.07, 6.45) is 0.539. The summed E-state index contributed by atoms with van der Waals surface area (Å²) in [5.41, 5.74) is 1.85. The molecule has 0 radical (unpaired) electrons. The standard InChI is InChI=1S/C14H17ClFN3O/c1-9-6-12-11(7-10(9)16)17-13(4-5-15)19(12)8-14(20)18(2)3/h6-7H,4-5,8H2,1-3H3. The number of amides is 1. The first-order chi connectivity index (χ1) is 9.43.